The highest BCUT2D eigenvalue weighted by atomic mass is 16.5. The number of ether oxygens (including phenoxy) is 2. The topological polar surface area (TPSA) is 81.7 Å². The predicted molar refractivity (Wildman–Crippen MR) is 73.7 cm³/mol. The minimum absolute atomic E-state index is 0.102. The Kier molecular flexibility index (Phi) is 4.57. The zero-order chi connectivity index (χ0) is 15.4. The van der Waals surface area contributed by atoms with E-state index in [9.17, 15) is 14.4 Å². The van der Waals surface area contributed by atoms with Crippen molar-refractivity contribution in [1.82, 2.24) is 5.32 Å². The highest BCUT2D eigenvalue weighted by Gasteiger charge is 2.40. The van der Waals surface area contributed by atoms with E-state index in [1.807, 2.05) is 6.92 Å². The standard InChI is InChI=1S/C15H17NO5/c1-9-7-12(9)15(19)21-8-13(17)16-14(18)10-3-5-11(20-2)6-4-10/h3-6,9,12H,7-8H2,1-2H3,(H,16,17,18)/t9-,12+/m1/s1. The number of methoxy groups -OCH3 is 1. The molecule has 6 nitrogen and oxygen atoms in total. The maximum Gasteiger partial charge on any atom is 0.309 e. The van der Waals surface area contributed by atoms with Gasteiger partial charge in [0.05, 0.1) is 13.0 Å². The molecule has 21 heavy (non-hydrogen) atoms. The zero-order valence-electron chi connectivity index (χ0n) is 11.9. The van der Waals surface area contributed by atoms with Crippen LogP contribution in [0.15, 0.2) is 24.3 Å². The Morgan fingerprint density at radius 2 is 1.86 bits per heavy atom. The molecule has 1 fully saturated rings. The highest BCUT2D eigenvalue weighted by molar-refractivity contribution is 6.05. The molecule has 0 aliphatic heterocycles. The van der Waals surface area contributed by atoms with E-state index in [1.54, 1.807) is 24.3 Å². The van der Waals surface area contributed by atoms with E-state index in [0.29, 0.717) is 17.2 Å². The highest BCUT2D eigenvalue weighted by Crippen LogP contribution is 2.38. The number of carbonyl (C=O) groups excluding carboxylic acids is 3. The monoisotopic (exact) mass is 291 g/mol. The summed E-state index contributed by atoms with van der Waals surface area (Å²) in [5.41, 5.74) is 0.325. The van der Waals surface area contributed by atoms with Crippen LogP contribution >= 0.6 is 0 Å². The molecular formula is C15H17NO5. The first kappa shape index (κ1) is 15.0. The second-order valence-corrected chi connectivity index (χ2v) is 5.03. The van der Waals surface area contributed by atoms with E-state index in [2.05, 4.69) is 5.32 Å². The first-order valence-corrected chi connectivity index (χ1v) is 6.66. The number of nitrogens with one attached hydrogen (secondary N) is 1. The lowest BCUT2D eigenvalue weighted by molar-refractivity contribution is -0.149. The van der Waals surface area contributed by atoms with E-state index < -0.39 is 18.4 Å². The second kappa shape index (κ2) is 6.39. The van der Waals surface area contributed by atoms with E-state index in [0.717, 1.165) is 6.42 Å². The van der Waals surface area contributed by atoms with Crippen LogP contribution in [0.25, 0.3) is 0 Å². The summed E-state index contributed by atoms with van der Waals surface area (Å²) in [6.07, 6.45) is 0.797. The van der Waals surface area contributed by atoms with Gasteiger partial charge in [-0.3, -0.25) is 19.7 Å². The Bertz CT molecular complexity index is 552. The van der Waals surface area contributed by atoms with Crippen LogP contribution < -0.4 is 10.1 Å². The van der Waals surface area contributed by atoms with Crippen LogP contribution in [0.2, 0.25) is 0 Å². The molecule has 0 spiro atoms. The Balaban J connectivity index is 1.78. The smallest absolute Gasteiger partial charge is 0.309 e. The molecule has 2 atom stereocenters. The summed E-state index contributed by atoms with van der Waals surface area (Å²) >= 11 is 0. The maximum absolute atomic E-state index is 11.8. The van der Waals surface area contributed by atoms with Crippen LogP contribution in [0, 0.1) is 11.8 Å². The molecule has 0 heterocycles. The first-order chi connectivity index (χ1) is 10.0. The van der Waals surface area contributed by atoms with Crippen molar-refractivity contribution in [1.29, 1.82) is 0 Å². The largest absolute Gasteiger partial charge is 0.497 e. The normalized spacial score (nSPS) is 19.5. The van der Waals surface area contributed by atoms with Crippen LogP contribution in [-0.2, 0) is 14.3 Å². The lowest BCUT2D eigenvalue weighted by atomic mass is 10.2. The van der Waals surface area contributed by atoms with Gasteiger partial charge in [0.15, 0.2) is 6.61 Å². The quantitative estimate of drug-likeness (QED) is 0.823. The molecule has 0 radical (unpaired) electrons. The summed E-state index contributed by atoms with van der Waals surface area (Å²) in [6.45, 7) is 1.50. The molecule has 112 valence electrons. The fourth-order valence-electron chi connectivity index (χ4n) is 1.87. The van der Waals surface area contributed by atoms with Gasteiger partial charge in [-0.25, -0.2) is 0 Å². The number of imide groups is 1. The van der Waals surface area contributed by atoms with E-state index in [-0.39, 0.29) is 11.9 Å². The fraction of sp³-hybridized carbons (Fsp3) is 0.400. The molecule has 1 aliphatic rings. The van der Waals surface area contributed by atoms with Crippen molar-refractivity contribution in [2.45, 2.75) is 13.3 Å². The van der Waals surface area contributed by atoms with Gasteiger partial charge in [0.2, 0.25) is 0 Å². The van der Waals surface area contributed by atoms with Crippen molar-refractivity contribution >= 4 is 17.8 Å². The third-order valence-corrected chi connectivity index (χ3v) is 3.36. The fourth-order valence-corrected chi connectivity index (χ4v) is 1.87. The Morgan fingerprint density at radius 3 is 2.38 bits per heavy atom. The van der Waals surface area contributed by atoms with Gasteiger partial charge < -0.3 is 9.47 Å². The number of benzene rings is 1. The average molecular weight is 291 g/mol. The number of hydrogen-bond donors (Lipinski definition) is 1. The number of amides is 2. The van der Waals surface area contributed by atoms with Crippen molar-refractivity contribution in [3.05, 3.63) is 29.8 Å². The van der Waals surface area contributed by atoms with Gasteiger partial charge >= 0.3 is 5.97 Å². The summed E-state index contributed by atoms with van der Waals surface area (Å²) < 4.78 is 9.82. The minimum atomic E-state index is -0.641. The average Bonchev–Trinajstić information content (AvgIpc) is 3.22. The van der Waals surface area contributed by atoms with Gasteiger partial charge in [-0.15, -0.1) is 0 Å². The number of rotatable bonds is 5. The molecule has 1 saturated carbocycles. The SMILES string of the molecule is COc1ccc(C(=O)NC(=O)COC(=O)[C@H]2C[C@H]2C)cc1. The molecule has 0 bridgehead atoms. The third-order valence-electron chi connectivity index (χ3n) is 3.36. The molecule has 6 heteroatoms. The molecular weight excluding hydrogens is 274 g/mol. The van der Waals surface area contributed by atoms with Crippen molar-refractivity contribution in [3.8, 4) is 5.75 Å². The molecule has 1 aliphatic carbocycles. The zero-order valence-corrected chi connectivity index (χ0v) is 11.9. The third kappa shape index (κ3) is 4.05. The first-order valence-electron chi connectivity index (χ1n) is 6.66. The van der Waals surface area contributed by atoms with Crippen LogP contribution in [0.4, 0.5) is 0 Å². The van der Waals surface area contributed by atoms with Crippen molar-refractivity contribution < 1.29 is 23.9 Å². The van der Waals surface area contributed by atoms with Gasteiger partial charge in [0, 0.05) is 5.56 Å². The Morgan fingerprint density at radius 1 is 1.24 bits per heavy atom. The number of carbonyl (C=O) groups is 3. The summed E-state index contributed by atoms with van der Waals surface area (Å²) in [5, 5.41) is 2.16. The molecule has 2 amide bonds. The van der Waals surface area contributed by atoms with E-state index in [1.165, 1.54) is 7.11 Å². The lowest BCUT2D eigenvalue weighted by Crippen LogP contribution is -2.34. The number of hydrogen-bond acceptors (Lipinski definition) is 5. The lowest BCUT2D eigenvalue weighted by Gasteiger charge is -2.06. The van der Waals surface area contributed by atoms with E-state index >= 15 is 0 Å². The maximum atomic E-state index is 11.8. The van der Waals surface area contributed by atoms with E-state index in [4.69, 9.17) is 9.47 Å². The molecule has 0 aromatic heterocycles. The van der Waals surface area contributed by atoms with Crippen LogP contribution in [0.3, 0.4) is 0 Å². The number of esters is 1. The van der Waals surface area contributed by atoms with Crippen LogP contribution in [-0.4, -0.2) is 31.5 Å². The van der Waals surface area contributed by atoms with Gasteiger partial charge in [-0.05, 0) is 36.6 Å². The van der Waals surface area contributed by atoms with Crippen molar-refractivity contribution in [3.63, 3.8) is 0 Å². The molecule has 0 unspecified atom stereocenters. The Hall–Kier alpha value is -2.37. The van der Waals surface area contributed by atoms with Gasteiger partial charge in [-0.1, -0.05) is 6.92 Å². The summed E-state index contributed by atoms with van der Waals surface area (Å²) in [7, 11) is 1.52. The Labute approximate surface area is 122 Å². The van der Waals surface area contributed by atoms with Crippen LogP contribution in [0.5, 0.6) is 5.75 Å². The molecule has 0 saturated heterocycles. The molecule has 1 N–H and O–H groups in total. The molecule has 1 aromatic rings. The summed E-state index contributed by atoms with van der Waals surface area (Å²) in [5.74, 6) is -0.729. The van der Waals surface area contributed by atoms with Gasteiger partial charge in [-0.2, -0.15) is 0 Å². The summed E-state index contributed by atoms with van der Waals surface area (Å²) in [6, 6.07) is 6.32. The van der Waals surface area contributed by atoms with Crippen LogP contribution in [0.1, 0.15) is 23.7 Å². The molecule has 1 aromatic carbocycles. The second-order valence-electron chi connectivity index (χ2n) is 5.03. The van der Waals surface area contributed by atoms with Gasteiger partial charge in [0.25, 0.3) is 11.8 Å². The van der Waals surface area contributed by atoms with Gasteiger partial charge in [0.1, 0.15) is 5.75 Å². The minimum Gasteiger partial charge on any atom is -0.497 e. The van der Waals surface area contributed by atoms with Crippen molar-refractivity contribution in [2.75, 3.05) is 13.7 Å². The predicted octanol–water partition coefficient (Wildman–Crippen LogP) is 1.15. The summed E-state index contributed by atoms with van der Waals surface area (Å²) in [4.78, 5) is 34.8. The molecule has 2 rings (SSSR count). The van der Waals surface area contributed by atoms with Crippen molar-refractivity contribution in [2.24, 2.45) is 11.8 Å².